The van der Waals surface area contributed by atoms with Crippen LogP contribution in [0, 0.1) is 11.8 Å². The van der Waals surface area contributed by atoms with E-state index in [-0.39, 0.29) is 43.3 Å². The van der Waals surface area contributed by atoms with E-state index in [9.17, 15) is 19.5 Å². The third kappa shape index (κ3) is 13.0. The van der Waals surface area contributed by atoms with Crippen LogP contribution in [0.4, 0.5) is 0 Å². The van der Waals surface area contributed by atoms with Gasteiger partial charge >= 0.3 is 5.97 Å². The first-order chi connectivity index (χ1) is 25.4. The van der Waals surface area contributed by atoms with Crippen LogP contribution in [0.25, 0.3) is 0 Å². The molecular formula is C43H48N2O6S. The second-order valence-corrected chi connectivity index (χ2v) is 14.2. The van der Waals surface area contributed by atoms with E-state index in [0.29, 0.717) is 38.0 Å². The molecule has 9 heteroatoms. The van der Waals surface area contributed by atoms with Gasteiger partial charge in [0.2, 0.25) is 11.8 Å². The van der Waals surface area contributed by atoms with Crippen LogP contribution in [0.1, 0.15) is 41.5 Å². The summed E-state index contributed by atoms with van der Waals surface area (Å²) in [6, 6.07) is 36.5. The molecule has 3 N–H and O–H groups in total. The Bertz CT molecular complexity index is 1700. The molecule has 4 aromatic rings. The normalized spacial score (nSPS) is 18.6. The van der Waals surface area contributed by atoms with Gasteiger partial charge in [0.1, 0.15) is 19.0 Å². The van der Waals surface area contributed by atoms with Crippen LogP contribution in [0.5, 0.6) is 5.75 Å². The van der Waals surface area contributed by atoms with Crippen molar-refractivity contribution in [2.45, 2.75) is 56.5 Å². The molecule has 2 amide bonds. The third-order valence-corrected chi connectivity index (χ3v) is 10.1. The van der Waals surface area contributed by atoms with Crippen LogP contribution < -0.4 is 15.4 Å². The number of nitrogens with one attached hydrogen (secondary N) is 2. The highest BCUT2D eigenvalue weighted by molar-refractivity contribution is 7.98. The van der Waals surface area contributed by atoms with E-state index in [1.807, 2.05) is 115 Å². The first-order valence-electron chi connectivity index (χ1n) is 17.9. The fraction of sp³-hybridized carbons (Fsp3) is 0.326. The number of carbonyl (C=O) groups is 3. The number of esters is 1. The summed E-state index contributed by atoms with van der Waals surface area (Å²) in [5.41, 5.74) is 4.23. The van der Waals surface area contributed by atoms with E-state index in [1.54, 1.807) is 11.8 Å². The van der Waals surface area contributed by atoms with Gasteiger partial charge in [-0.05, 0) is 60.1 Å². The maximum absolute atomic E-state index is 13.7. The van der Waals surface area contributed by atoms with Gasteiger partial charge in [0, 0.05) is 17.9 Å². The Labute approximate surface area is 311 Å². The van der Waals surface area contributed by atoms with Gasteiger partial charge in [0.25, 0.3) is 0 Å². The lowest BCUT2D eigenvalue weighted by atomic mass is 9.94. The molecule has 0 bridgehead atoms. The number of hydrogen-bond donors (Lipinski definition) is 3. The van der Waals surface area contributed by atoms with E-state index < -0.39 is 18.0 Å². The van der Waals surface area contributed by atoms with Gasteiger partial charge in [-0.2, -0.15) is 11.8 Å². The fourth-order valence-electron chi connectivity index (χ4n) is 6.03. The lowest BCUT2D eigenvalue weighted by Crippen LogP contribution is -2.46. The van der Waals surface area contributed by atoms with Gasteiger partial charge in [-0.1, -0.05) is 115 Å². The number of cyclic esters (lactones) is 1. The predicted molar refractivity (Wildman–Crippen MR) is 206 cm³/mol. The SMILES string of the molecule is O=C(C[C@H]1CC=CC[C@@H](Cc2ccccc2)C(=O)OC[C@H](CSCc2ccccc2)NC1=O)N[C@H](CO)Cc1ccc(OCc2ccccc2)cc1. The summed E-state index contributed by atoms with van der Waals surface area (Å²) in [5, 5.41) is 16.2. The quantitative estimate of drug-likeness (QED) is 0.0955. The monoisotopic (exact) mass is 720 g/mol. The summed E-state index contributed by atoms with van der Waals surface area (Å²) in [6.45, 7) is 0.263. The molecule has 1 aliphatic heterocycles. The molecule has 0 saturated heterocycles. The Balaban J connectivity index is 1.20. The molecule has 8 nitrogen and oxygen atoms in total. The number of benzene rings is 4. The zero-order chi connectivity index (χ0) is 36.4. The summed E-state index contributed by atoms with van der Waals surface area (Å²) in [6.07, 6.45) is 5.51. The molecule has 5 rings (SSSR count). The Morgan fingerprint density at radius 1 is 0.808 bits per heavy atom. The highest BCUT2D eigenvalue weighted by Crippen LogP contribution is 2.21. The van der Waals surface area contributed by atoms with Gasteiger partial charge in [-0.3, -0.25) is 14.4 Å². The minimum Gasteiger partial charge on any atom is -0.489 e. The zero-order valence-corrected chi connectivity index (χ0v) is 30.2. The number of rotatable bonds is 15. The zero-order valence-electron chi connectivity index (χ0n) is 29.4. The number of allylic oxidation sites excluding steroid dienone is 2. The average Bonchev–Trinajstić information content (AvgIpc) is 3.17. The fourth-order valence-corrected chi connectivity index (χ4v) is 7.04. The number of carbonyl (C=O) groups excluding carboxylic acids is 3. The summed E-state index contributed by atoms with van der Waals surface area (Å²) in [4.78, 5) is 40.3. The van der Waals surface area contributed by atoms with E-state index in [1.165, 1.54) is 0 Å². The molecule has 0 saturated carbocycles. The molecule has 0 unspecified atom stereocenters. The van der Waals surface area contributed by atoms with Gasteiger partial charge in [-0.15, -0.1) is 0 Å². The van der Waals surface area contributed by atoms with Crippen LogP contribution in [0.2, 0.25) is 0 Å². The number of aliphatic hydroxyl groups excluding tert-OH is 1. The Morgan fingerprint density at radius 2 is 1.42 bits per heavy atom. The predicted octanol–water partition coefficient (Wildman–Crippen LogP) is 6.46. The number of aliphatic hydroxyl groups is 1. The average molecular weight is 721 g/mol. The van der Waals surface area contributed by atoms with Crippen molar-refractivity contribution in [1.29, 1.82) is 0 Å². The molecule has 4 atom stereocenters. The smallest absolute Gasteiger partial charge is 0.309 e. The second kappa shape index (κ2) is 20.9. The molecule has 1 aliphatic rings. The van der Waals surface area contributed by atoms with E-state index in [2.05, 4.69) is 22.8 Å². The number of hydrogen-bond acceptors (Lipinski definition) is 7. The first-order valence-corrected chi connectivity index (χ1v) is 19.0. The molecule has 1 heterocycles. The highest BCUT2D eigenvalue weighted by Gasteiger charge is 2.27. The molecule has 0 spiro atoms. The van der Waals surface area contributed by atoms with Crippen molar-refractivity contribution >= 4 is 29.5 Å². The van der Waals surface area contributed by atoms with Crippen LogP contribution in [-0.4, -0.2) is 53.9 Å². The highest BCUT2D eigenvalue weighted by atomic mass is 32.2. The van der Waals surface area contributed by atoms with Crippen molar-refractivity contribution < 1.29 is 29.0 Å². The van der Waals surface area contributed by atoms with Crippen LogP contribution >= 0.6 is 11.8 Å². The van der Waals surface area contributed by atoms with Gasteiger partial charge < -0.3 is 25.2 Å². The first kappa shape index (κ1) is 38.4. The summed E-state index contributed by atoms with van der Waals surface area (Å²) >= 11 is 1.65. The van der Waals surface area contributed by atoms with Crippen molar-refractivity contribution in [3.8, 4) is 5.75 Å². The lowest BCUT2D eigenvalue weighted by molar-refractivity contribution is -0.149. The molecule has 0 aliphatic carbocycles. The second-order valence-electron chi connectivity index (χ2n) is 13.1. The third-order valence-electron chi connectivity index (χ3n) is 8.91. The van der Waals surface area contributed by atoms with Crippen molar-refractivity contribution in [3.05, 3.63) is 150 Å². The molecule has 4 aromatic carbocycles. The molecule has 272 valence electrons. The van der Waals surface area contributed by atoms with Crippen LogP contribution in [0.15, 0.2) is 127 Å². The lowest BCUT2D eigenvalue weighted by Gasteiger charge is -2.24. The summed E-state index contributed by atoms with van der Waals surface area (Å²) in [5.74, 6) is 0.134. The largest absolute Gasteiger partial charge is 0.489 e. The Hall–Kier alpha value is -4.86. The minimum absolute atomic E-state index is 0.0446. The number of thioether (sulfide) groups is 1. The maximum atomic E-state index is 13.7. The minimum atomic E-state index is -0.638. The Kier molecular flexibility index (Phi) is 15.4. The van der Waals surface area contributed by atoms with Crippen molar-refractivity contribution in [2.24, 2.45) is 11.8 Å². The van der Waals surface area contributed by atoms with E-state index in [4.69, 9.17) is 9.47 Å². The maximum Gasteiger partial charge on any atom is 0.309 e. The Morgan fingerprint density at radius 3 is 2.08 bits per heavy atom. The van der Waals surface area contributed by atoms with Crippen LogP contribution in [-0.2, 0) is 44.3 Å². The number of ether oxygens (including phenoxy) is 2. The summed E-state index contributed by atoms with van der Waals surface area (Å²) in [7, 11) is 0. The topological polar surface area (TPSA) is 114 Å². The molecule has 0 fully saturated rings. The van der Waals surface area contributed by atoms with Crippen molar-refractivity contribution in [1.82, 2.24) is 10.6 Å². The molecule has 0 aromatic heterocycles. The molecular weight excluding hydrogens is 673 g/mol. The number of amides is 2. The molecule has 0 radical (unpaired) electrons. The van der Waals surface area contributed by atoms with Crippen LogP contribution in [0.3, 0.4) is 0 Å². The molecule has 52 heavy (non-hydrogen) atoms. The van der Waals surface area contributed by atoms with Gasteiger partial charge in [0.05, 0.1) is 30.5 Å². The van der Waals surface area contributed by atoms with Gasteiger partial charge in [-0.25, -0.2) is 0 Å². The van der Waals surface area contributed by atoms with Crippen molar-refractivity contribution in [3.63, 3.8) is 0 Å². The standard InChI is InChI=1S/C43H48N2O6S/c46-27-38(25-33-20-22-40(23-21-33)50-28-34-14-6-2-7-15-34)44-41(47)26-36-18-10-11-19-37(24-32-12-4-1-5-13-32)43(49)51-29-39(45-42(36)48)31-52-30-35-16-8-3-9-17-35/h1-17,20-23,36-39,46H,18-19,24-31H2,(H,44,47)(H,45,48)/t36-,37+,38+,39-/m1/s1. The van der Waals surface area contributed by atoms with E-state index in [0.717, 1.165) is 33.8 Å². The van der Waals surface area contributed by atoms with Crippen molar-refractivity contribution in [2.75, 3.05) is 19.0 Å². The van der Waals surface area contributed by atoms with Gasteiger partial charge in [0.15, 0.2) is 0 Å². The summed E-state index contributed by atoms with van der Waals surface area (Å²) < 4.78 is 11.7. The van der Waals surface area contributed by atoms with E-state index >= 15 is 0 Å².